The molecule has 0 aliphatic carbocycles. The molecule has 12 heteroatoms. The van der Waals surface area contributed by atoms with E-state index in [0.717, 1.165) is 62.3 Å². The van der Waals surface area contributed by atoms with Crippen molar-refractivity contribution in [2.24, 2.45) is 5.73 Å². The number of anilines is 4. The minimum Gasteiger partial charge on any atom is -0.365 e. The van der Waals surface area contributed by atoms with E-state index in [1.807, 2.05) is 35.2 Å². The third-order valence-electron chi connectivity index (χ3n) is 6.39. The molecule has 1 saturated heterocycles. The van der Waals surface area contributed by atoms with E-state index in [4.69, 9.17) is 5.73 Å². The topological polar surface area (TPSA) is 125 Å². The predicted octanol–water partition coefficient (Wildman–Crippen LogP) is 6.30. The number of nitrogens with zero attached hydrogens (tertiary/aromatic N) is 3. The average molecular weight is 643 g/mol. The lowest BCUT2D eigenvalue weighted by Crippen LogP contribution is -2.34. The summed E-state index contributed by atoms with van der Waals surface area (Å²) in [7, 11) is 0. The Hall–Kier alpha value is -3.48. The molecule has 0 radical (unpaired) electrons. The molecule has 9 nitrogen and oxygen atoms in total. The van der Waals surface area contributed by atoms with E-state index >= 15 is 0 Å². The molecule has 216 valence electrons. The van der Waals surface area contributed by atoms with E-state index in [1.165, 1.54) is 18.6 Å². The molecule has 1 fully saturated rings. The fourth-order valence-corrected chi connectivity index (χ4v) is 5.23. The highest BCUT2D eigenvalue weighted by molar-refractivity contribution is 9.10. The van der Waals surface area contributed by atoms with Crippen LogP contribution in [0.5, 0.6) is 0 Å². The second-order valence-corrected chi connectivity index (χ2v) is 11.3. The van der Waals surface area contributed by atoms with Crippen molar-refractivity contribution in [2.75, 3.05) is 30.3 Å². The first-order chi connectivity index (χ1) is 19.9. The molecule has 4 rings (SSSR count). The minimum absolute atomic E-state index is 0.141. The van der Waals surface area contributed by atoms with Crippen LogP contribution in [0.2, 0.25) is 0 Å². The lowest BCUT2D eigenvalue weighted by atomic mass is 10.1. The molecule has 2 aromatic carbocycles. The lowest BCUT2D eigenvalue weighted by Gasteiger charge is -2.25. The maximum absolute atomic E-state index is 14.1. The summed E-state index contributed by atoms with van der Waals surface area (Å²) in [5.74, 6) is -0.793. The number of nitrogens with one attached hydrogen (secondary N) is 3. The van der Waals surface area contributed by atoms with Crippen molar-refractivity contribution in [1.82, 2.24) is 19.6 Å². The summed E-state index contributed by atoms with van der Waals surface area (Å²) in [6.45, 7) is 2.64. The van der Waals surface area contributed by atoms with Crippen LogP contribution in [-0.4, -0.2) is 46.3 Å². The number of likely N-dealkylation sites (tertiary alicyclic amines) is 1. The number of hydrogen-bond acceptors (Lipinski definition) is 8. The molecule has 2 amide bonds. The molecule has 5 N–H and O–H groups in total. The van der Waals surface area contributed by atoms with Gasteiger partial charge in [-0.25, -0.2) is 9.37 Å². The Balaban J connectivity index is 1.20. The van der Waals surface area contributed by atoms with Gasteiger partial charge in [-0.2, -0.15) is 4.98 Å². The van der Waals surface area contributed by atoms with Gasteiger partial charge in [-0.1, -0.05) is 12.1 Å². The number of nitrogens with two attached hydrogens (primary N) is 1. The minimum atomic E-state index is -0.880. The number of carbonyl (C=O) groups is 2. The first kappa shape index (κ1) is 30.5. The third-order valence-corrected chi connectivity index (χ3v) is 7.82. The zero-order valence-electron chi connectivity index (χ0n) is 22.5. The Bertz CT molecular complexity index is 1370. The summed E-state index contributed by atoms with van der Waals surface area (Å²) in [6, 6.07) is 12.0. The second-order valence-electron chi connectivity index (χ2n) is 9.47. The number of allylic oxidation sites excluding steroid dienone is 1. The third kappa shape index (κ3) is 9.27. The number of amides is 2. The second kappa shape index (κ2) is 15.5. The molecule has 0 saturated carbocycles. The van der Waals surface area contributed by atoms with Gasteiger partial charge < -0.3 is 21.3 Å². The van der Waals surface area contributed by atoms with E-state index in [0.29, 0.717) is 16.2 Å². The van der Waals surface area contributed by atoms with Crippen molar-refractivity contribution in [3.05, 3.63) is 76.7 Å². The fourth-order valence-electron chi connectivity index (χ4n) is 4.25. The molecule has 1 aromatic heterocycles. The van der Waals surface area contributed by atoms with Gasteiger partial charge in [0.05, 0.1) is 15.7 Å². The maximum Gasteiger partial charge on any atom is 0.253 e. The Morgan fingerprint density at radius 1 is 1.07 bits per heavy atom. The summed E-state index contributed by atoms with van der Waals surface area (Å²) in [4.78, 5) is 35.6. The van der Waals surface area contributed by atoms with Gasteiger partial charge in [-0.3, -0.25) is 14.3 Å². The van der Waals surface area contributed by atoms with Gasteiger partial charge >= 0.3 is 0 Å². The summed E-state index contributed by atoms with van der Waals surface area (Å²) >= 11 is 4.94. The lowest BCUT2D eigenvalue weighted by molar-refractivity contribution is -0.126. The van der Waals surface area contributed by atoms with Gasteiger partial charge in [0, 0.05) is 36.4 Å². The molecule has 0 unspecified atom stereocenters. The Labute approximate surface area is 251 Å². The van der Waals surface area contributed by atoms with Crippen LogP contribution in [-0.2, 0) is 4.79 Å². The molecule has 0 bridgehead atoms. The van der Waals surface area contributed by atoms with Crippen LogP contribution in [0.4, 0.5) is 27.5 Å². The number of piperidine rings is 1. The molecule has 41 heavy (non-hydrogen) atoms. The van der Waals surface area contributed by atoms with Crippen molar-refractivity contribution in [3.8, 4) is 0 Å². The van der Waals surface area contributed by atoms with Crippen molar-refractivity contribution >= 4 is 62.8 Å². The summed E-state index contributed by atoms with van der Waals surface area (Å²) in [5, 5.41) is 6.10. The number of rotatable bonds is 13. The molecule has 1 aliphatic heterocycles. The normalized spacial score (nSPS) is 13.4. The highest BCUT2D eigenvalue weighted by Crippen LogP contribution is 2.28. The van der Waals surface area contributed by atoms with Gasteiger partial charge in [-0.15, -0.1) is 0 Å². The summed E-state index contributed by atoms with van der Waals surface area (Å²) in [6.07, 6.45) is 11.7. The fraction of sp³-hybridized carbons (Fsp3) is 0.310. The summed E-state index contributed by atoms with van der Waals surface area (Å²) in [5.41, 5.74) is 6.10. The highest BCUT2D eigenvalue weighted by Gasteiger charge is 2.16. The van der Waals surface area contributed by atoms with E-state index in [2.05, 4.69) is 41.3 Å². The smallest absolute Gasteiger partial charge is 0.253 e. The zero-order chi connectivity index (χ0) is 29.0. The Kier molecular flexibility index (Phi) is 11.5. The number of hydrogen-bond donors (Lipinski definition) is 4. The monoisotopic (exact) mass is 641 g/mol. The van der Waals surface area contributed by atoms with Gasteiger partial charge in [0.25, 0.3) is 5.91 Å². The predicted molar refractivity (Wildman–Crippen MR) is 165 cm³/mol. The average Bonchev–Trinajstić information content (AvgIpc) is 2.97. The van der Waals surface area contributed by atoms with Gasteiger partial charge in [0.2, 0.25) is 11.9 Å². The number of primary amides is 1. The van der Waals surface area contributed by atoms with E-state index in [-0.39, 0.29) is 17.2 Å². The SMILES string of the molecule is NC(=O)c1c(F)cccc1Nc1nc(Nc2ccc(SNCCCC/C=C/C(=O)N3CCCCC3)cc2)ncc1Br. The van der Waals surface area contributed by atoms with Crippen molar-refractivity contribution in [2.45, 2.75) is 43.4 Å². The highest BCUT2D eigenvalue weighted by atomic mass is 79.9. The van der Waals surface area contributed by atoms with Crippen LogP contribution < -0.4 is 21.1 Å². The first-order valence-corrected chi connectivity index (χ1v) is 15.1. The van der Waals surface area contributed by atoms with Gasteiger partial charge in [-0.05, 0) is 109 Å². The molecular formula is C29H33BrFN7O2S. The Morgan fingerprint density at radius 2 is 1.85 bits per heavy atom. The number of carbonyl (C=O) groups excluding carboxylic acids is 2. The largest absolute Gasteiger partial charge is 0.365 e. The summed E-state index contributed by atoms with van der Waals surface area (Å²) < 4.78 is 18.0. The quantitative estimate of drug-likeness (QED) is 0.0973. The van der Waals surface area contributed by atoms with Gasteiger partial charge in [0.1, 0.15) is 11.6 Å². The van der Waals surface area contributed by atoms with E-state index < -0.39 is 11.7 Å². The first-order valence-electron chi connectivity index (χ1n) is 13.5. The number of unbranched alkanes of at least 4 members (excludes halogenated alkanes) is 2. The van der Waals surface area contributed by atoms with Crippen molar-refractivity contribution in [3.63, 3.8) is 0 Å². The van der Waals surface area contributed by atoms with Crippen LogP contribution in [0.15, 0.2) is 70.2 Å². The van der Waals surface area contributed by atoms with Crippen LogP contribution in [0, 0.1) is 5.82 Å². The van der Waals surface area contributed by atoms with Gasteiger partial charge in [0.15, 0.2) is 0 Å². The van der Waals surface area contributed by atoms with Crippen LogP contribution >= 0.6 is 27.9 Å². The molecule has 3 aromatic rings. The molecule has 1 aliphatic rings. The van der Waals surface area contributed by atoms with Crippen LogP contribution in [0.25, 0.3) is 0 Å². The number of aromatic nitrogens is 2. The zero-order valence-corrected chi connectivity index (χ0v) is 24.9. The number of benzene rings is 2. The Morgan fingerprint density at radius 3 is 2.61 bits per heavy atom. The molecular weight excluding hydrogens is 609 g/mol. The van der Waals surface area contributed by atoms with Crippen molar-refractivity contribution in [1.29, 1.82) is 0 Å². The maximum atomic E-state index is 14.1. The molecule has 2 heterocycles. The van der Waals surface area contributed by atoms with Crippen LogP contribution in [0.1, 0.15) is 48.9 Å². The van der Waals surface area contributed by atoms with Crippen LogP contribution in [0.3, 0.4) is 0 Å². The number of halogens is 2. The van der Waals surface area contributed by atoms with E-state index in [1.54, 1.807) is 30.3 Å². The molecule has 0 spiro atoms. The van der Waals surface area contributed by atoms with E-state index in [9.17, 15) is 14.0 Å². The van der Waals surface area contributed by atoms with Crippen molar-refractivity contribution < 1.29 is 14.0 Å². The standard InChI is InChI=1S/C29H33BrFN7O2S/c30-22-19-33-29(37-28(22)36-24-10-8-9-23(31)26(24)27(32)40)35-20-12-14-21(15-13-20)41-34-16-5-2-1-4-11-25(39)38-17-6-3-7-18-38/h4,8-15,19,34H,1-3,5-7,16-18H2,(H2,32,40)(H2,33,35,36,37)/b11-4+. The molecule has 0 atom stereocenters.